The highest BCUT2D eigenvalue weighted by molar-refractivity contribution is 6.33. The van der Waals surface area contributed by atoms with Crippen molar-refractivity contribution in [3.8, 4) is 5.75 Å². The second-order valence-electron chi connectivity index (χ2n) is 4.04. The number of anilines is 1. The lowest BCUT2D eigenvalue weighted by molar-refractivity contribution is 0.0585. The number of hydrogen-bond acceptors (Lipinski definition) is 4. The van der Waals surface area contributed by atoms with Crippen LogP contribution in [-0.4, -0.2) is 19.2 Å². The van der Waals surface area contributed by atoms with Gasteiger partial charge in [0.1, 0.15) is 5.56 Å². The van der Waals surface area contributed by atoms with E-state index in [2.05, 4.69) is 4.74 Å². The summed E-state index contributed by atoms with van der Waals surface area (Å²) in [6.45, 7) is 0. The van der Waals surface area contributed by atoms with Gasteiger partial charge in [0.15, 0.2) is 5.75 Å². The van der Waals surface area contributed by atoms with Crippen molar-refractivity contribution in [1.82, 2.24) is 0 Å². The SMILES string of the molecule is COC(=O)c1cc(N)cc(Cl)c1OC1CCC1. The summed E-state index contributed by atoms with van der Waals surface area (Å²) < 4.78 is 10.4. The number of halogens is 1. The van der Waals surface area contributed by atoms with Gasteiger partial charge in [0.2, 0.25) is 0 Å². The minimum Gasteiger partial charge on any atom is -0.488 e. The molecule has 0 atom stereocenters. The maximum atomic E-state index is 11.6. The average molecular weight is 256 g/mol. The smallest absolute Gasteiger partial charge is 0.341 e. The number of carbonyl (C=O) groups is 1. The Morgan fingerprint density at radius 2 is 2.18 bits per heavy atom. The normalized spacial score (nSPS) is 15.2. The minimum absolute atomic E-state index is 0.138. The van der Waals surface area contributed by atoms with Gasteiger partial charge in [-0.05, 0) is 31.4 Å². The third-order valence-electron chi connectivity index (χ3n) is 2.81. The standard InChI is InChI=1S/C12H14ClNO3/c1-16-12(15)9-5-7(14)6-10(13)11(9)17-8-3-2-4-8/h5-6,8H,2-4,14H2,1H3. The van der Waals surface area contributed by atoms with Crippen LogP contribution in [0.5, 0.6) is 5.75 Å². The molecule has 17 heavy (non-hydrogen) atoms. The monoisotopic (exact) mass is 255 g/mol. The molecule has 0 spiro atoms. The molecule has 1 aliphatic carbocycles. The van der Waals surface area contributed by atoms with Gasteiger partial charge in [-0.1, -0.05) is 11.6 Å². The van der Waals surface area contributed by atoms with E-state index in [1.807, 2.05) is 0 Å². The highest BCUT2D eigenvalue weighted by atomic mass is 35.5. The summed E-state index contributed by atoms with van der Waals surface area (Å²) in [5.41, 5.74) is 6.35. The number of rotatable bonds is 3. The summed E-state index contributed by atoms with van der Waals surface area (Å²) in [6.07, 6.45) is 3.26. The number of hydrogen-bond donors (Lipinski definition) is 1. The zero-order chi connectivity index (χ0) is 12.4. The molecule has 1 aromatic carbocycles. The van der Waals surface area contributed by atoms with Crippen molar-refractivity contribution >= 4 is 23.3 Å². The Balaban J connectivity index is 2.35. The van der Waals surface area contributed by atoms with Crippen LogP contribution < -0.4 is 10.5 Å². The second-order valence-corrected chi connectivity index (χ2v) is 4.45. The van der Waals surface area contributed by atoms with E-state index in [0.717, 1.165) is 19.3 Å². The summed E-state index contributed by atoms with van der Waals surface area (Å²) in [7, 11) is 1.31. The molecular formula is C12H14ClNO3. The molecule has 0 amide bonds. The number of carbonyl (C=O) groups excluding carboxylic acids is 1. The van der Waals surface area contributed by atoms with Crippen LogP contribution >= 0.6 is 11.6 Å². The largest absolute Gasteiger partial charge is 0.488 e. The first kappa shape index (κ1) is 12.0. The number of esters is 1. The maximum Gasteiger partial charge on any atom is 0.341 e. The van der Waals surface area contributed by atoms with Gasteiger partial charge in [0.05, 0.1) is 18.2 Å². The fraction of sp³-hybridized carbons (Fsp3) is 0.417. The average Bonchev–Trinajstić information content (AvgIpc) is 2.23. The summed E-state index contributed by atoms with van der Waals surface area (Å²) in [5.74, 6) is -0.119. The fourth-order valence-corrected chi connectivity index (χ4v) is 1.92. The van der Waals surface area contributed by atoms with E-state index in [1.54, 1.807) is 6.07 Å². The van der Waals surface area contributed by atoms with Crippen LogP contribution in [0.1, 0.15) is 29.6 Å². The Hall–Kier alpha value is -1.42. The van der Waals surface area contributed by atoms with E-state index >= 15 is 0 Å². The van der Waals surface area contributed by atoms with Crippen LogP contribution in [0.15, 0.2) is 12.1 Å². The zero-order valence-corrected chi connectivity index (χ0v) is 10.3. The first-order valence-corrected chi connectivity index (χ1v) is 5.83. The van der Waals surface area contributed by atoms with Gasteiger partial charge in [0, 0.05) is 5.69 Å². The Bertz CT molecular complexity index is 444. The molecule has 4 nitrogen and oxygen atoms in total. The van der Waals surface area contributed by atoms with Gasteiger partial charge in [-0.15, -0.1) is 0 Å². The minimum atomic E-state index is -0.492. The summed E-state index contributed by atoms with van der Waals surface area (Å²) in [6, 6.07) is 3.09. The molecular weight excluding hydrogens is 242 g/mol. The molecule has 0 aromatic heterocycles. The molecule has 92 valence electrons. The highest BCUT2D eigenvalue weighted by Crippen LogP contribution is 2.35. The van der Waals surface area contributed by atoms with E-state index in [0.29, 0.717) is 16.5 Å². The predicted molar refractivity (Wildman–Crippen MR) is 65.5 cm³/mol. The van der Waals surface area contributed by atoms with E-state index in [4.69, 9.17) is 22.1 Å². The predicted octanol–water partition coefficient (Wildman–Crippen LogP) is 2.64. The third-order valence-corrected chi connectivity index (χ3v) is 3.09. The van der Waals surface area contributed by atoms with Crippen molar-refractivity contribution in [2.24, 2.45) is 0 Å². The van der Waals surface area contributed by atoms with Crippen LogP contribution in [0.3, 0.4) is 0 Å². The summed E-state index contributed by atoms with van der Waals surface area (Å²) >= 11 is 6.05. The van der Waals surface area contributed by atoms with Crippen molar-refractivity contribution in [2.45, 2.75) is 25.4 Å². The molecule has 2 N–H and O–H groups in total. The first-order chi connectivity index (χ1) is 8.11. The molecule has 0 unspecified atom stereocenters. The molecule has 1 saturated carbocycles. The maximum absolute atomic E-state index is 11.6. The second kappa shape index (κ2) is 4.84. The Morgan fingerprint density at radius 3 is 2.71 bits per heavy atom. The van der Waals surface area contributed by atoms with Crippen LogP contribution in [0, 0.1) is 0 Å². The van der Waals surface area contributed by atoms with Gasteiger partial charge in [0.25, 0.3) is 0 Å². The van der Waals surface area contributed by atoms with Crippen molar-refractivity contribution in [1.29, 1.82) is 0 Å². The molecule has 0 bridgehead atoms. The quantitative estimate of drug-likeness (QED) is 0.666. The Kier molecular flexibility index (Phi) is 3.43. The van der Waals surface area contributed by atoms with Crippen molar-refractivity contribution < 1.29 is 14.3 Å². The van der Waals surface area contributed by atoms with Crippen LogP contribution in [0.25, 0.3) is 0 Å². The highest BCUT2D eigenvalue weighted by Gasteiger charge is 2.24. The molecule has 0 saturated heterocycles. The molecule has 5 heteroatoms. The Labute approximate surface area is 105 Å². The van der Waals surface area contributed by atoms with Crippen LogP contribution in [0.2, 0.25) is 5.02 Å². The van der Waals surface area contributed by atoms with E-state index in [1.165, 1.54) is 13.2 Å². The topological polar surface area (TPSA) is 61.5 Å². The third kappa shape index (κ3) is 2.47. The van der Waals surface area contributed by atoms with E-state index in [-0.39, 0.29) is 11.7 Å². The van der Waals surface area contributed by atoms with Gasteiger partial charge < -0.3 is 15.2 Å². The van der Waals surface area contributed by atoms with E-state index < -0.39 is 5.97 Å². The lowest BCUT2D eigenvalue weighted by atomic mass is 9.96. The number of nitrogen functional groups attached to an aromatic ring is 1. The van der Waals surface area contributed by atoms with Gasteiger partial charge >= 0.3 is 5.97 Å². The van der Waals surface area contributed by atoms with E-state index in [9.17, 15) is 4.79 Å². The van der Waals surface area contributed by atoms with Crippen LogP contribution in [-0.2, 0) is 4.74 Å². The number of methoxy groups -OCH3 is 1. The van der Waals surface area contributed by atoms with Gasteiger partial charge in [-0.25, -0.2) is 4.79 Å². The first-order valence-electron chi connectivity index (χ1n) is 5.46. The lowest BCUT2D eigenvalue weighted by Crippen LogP contribution is -2.25. The molecule has 2 rings (SSSR count). The van der Waals surface area contributed by atoms with Crippen molar-refractivity contribution in [3.63, 3.8) is 0 Å². The van der Waals surface area contributed by atoms with Crippen molar-refractivity contribution in [2.75, 3.05) is 12.8 Å². The number of ether oxygens (including phenoxy) is 2. The fourth-order valence-electron chi connectivity index (χ4n) is 1.65. The van der Waals surface area contributed by atoms with Crippen LogP contribution in [0.4, 0.5) is 5.69 Å². The summed E-state index contributed by atoms with van der Waals surface area (Å²) in [4.78, 5) is 11.6. The summed E-state index contributed by atoms with van der Waals surface area (Å²) in [5, 5.41) is 0.345. The molecule has 0 heterocycles. The molecule has 1 fully saturated rings. The molecule has 1 aromatic rings. The number of benzene rings is 1. The van der Waals surface area contributed by atoms with Crippen molar-refractivity contribution in [3.05, 3.63) is 22.7 Å². The molecule has 0 radical (unpaired) electrons. The zero-order valence-electron chi connectivity index (χ0n) is 9.53. The number of nitrogens with two attached hydrogens (primary N) is 1. The van der Waals surface area contributed by atoms with Gasteiger partial charge in [-0.3, -0.25) is 0 Å². The molecule has 0 aliphatic heterocycles. The lowest BCUT2D eigenvalue weighted by Gasteiger charge is -2.27. The molecule has 1 aliphatic rings. The Morgan fingerprint density at radius 1 is 1.47 bits per heavy atom. The van der Waals surface area contributed by atoms with Gasteiger partial charge in [-0.2, -0.15) is 0 Å².